The topological polar surface area (TPSA) is 52.7 Å². The number of hydrogen-bond donors (Lipinski definition) is 0. The predicted octanol–water partition coefficient (Wildman–Crippen LogP) is 2.08. The van der Waals surface area contributed by atoms with Gasteiger partial charge in [0.1, 0.15) is 17.5 Å². The Morgan fingerprint density at radius 3 is 2.90 bits per heavy atom. The van der Waals surface area contributed by atoms with Crippen molar-refractivity contribution in [2.45, 2.75) is 6.54 Å². The first-order valence-electron chi connectivity index (χ1n) is 5.87. The van der Waals surface area contributed by atoms with Crippen LogP contribution in [0.4, 0.5) is 4.39 Å². The fourth-order valence-corrected chi connectivity index (χ4v) is 2.59. The van der Waals surface area contributed by atoms with Crippen LogP contribution < -0.4 is 5.56 Å². The number of hydrogen-bond acceptors (Lipinski definition) is 3. The molecule has 102 valence electrons. The van der Waals surface area contributed by atoms with E-state index in [-0.39, 0.29) is 17.9 Å². The highest BCUT2D eigenvalue weighted by atomic mass is 79.9. The van der Waals surface area contributed by atoms with Gasteiger partial charge in [-0.2, -0.15) is 5.10 Å². The van der Waals surface area contributed by atoms with E-state index in [4.69, 9.17) is 0 Å². The Kier molecular flexibility index (Phi) is 3.13. The summed E-state index contributed by atoms with van der Waals surface area (Å²) in [6, 6.07) is 4.53. The van der Waals surface area contributed by atoms with E-state index in [1.807, 2.05) is 0 Å². The zero-order valence-electron chi connectivity index (χ0n) is 10.5. The van der Waals surface area contributed by atoms with Crippen molar-refractivity contribution >= 4 is 27.0 Å². The number of rotatable bonds is 2. The van der Waals surface area contributed by atoms with Crippen molar-refractivity contribution in [1.82, 2.24) is 19.3 Å². The number of nitrogens with zero attached hydrogens (tertiary/aromatic N) is 4. The summed E-state index contributed by atoms with van der Waals surface area (Å²) < 4.78 is 17.0. The molecule has 0 N–H and O–H groups in total. The number of fused-ring (bicyclic) bond motifs is 1. The molecule has 0 fully saturated rings. The summed E-state index contributed by atoms with van der Waals surface area (Å²) in [5.74, 6) is -0.349. The van der Waals surface area contributed by atoms with Crippen LogP contribution in [0.5, 0.6) is 0 Å². The summed E-state index contributed by atoms with van der Waals surface area (Å²) >= 11 is 3.23. The summed E-state index contributed by atoms with van der Waals surface area (Å²) in [5.41, 5.74) is 1.03. The normalized spacial score (nSPS) is 11.2. The van der Waals surface area contributed by atoms with Gasteiger partial charge in [0.15, 0.2) is 5.65 Å². The van der Waals surface area contributed by atoms with Crippen LogP contribution in [-0.2, 0) is 13.6 Å². The molecule has 0 amide bonds. The van der Waals surface area contributed by atoms with Gasteiger partial charge in [-0.05, 0) is 23.8 Å². The zero-order chi connectivity index (χ0) is 14.3. The summed E-state index contributed by atoms with van der Waals surface area (Å²) in [6.45, 7) is 0.257. The van der Waals surface area contributed by atoms with E-state index in [9.17, 15) is 9.18 Å². The Morgan fingerprint density at radius 1 is 1.35 bits per heavy atom. The van der Waals surface area contributed by atoms with Gasteiger partial charge in [0, 0.05) is 11.5 Å². The molecule has 0 atom stereocenters. The minimum absolute atomic E-state index is 0.191. The molecule has 7 heteroatoms. The highest BCUT2D eigenvalue weighted by Crippen LogP contribution is 2.15. The lowest BCUT2D eigenvalue weighted by Gasteiger charge is -2.06. The molecule has 0 saturated heterocycles. The van der Waals surface area contributed by atoms with E-state index in [1.54, 1.807) is 17.8 Å². The van der Waals surface area contributed by atoms with E-state index < -0.39 is 0 Å². The van der Waals surface area contributed by atoms with Crippen molar-refractivity contribution in [1.29, 1.82) is 0 Å². The van der Waals surface area contributed by atoms with E-state index in [1.165, 1.54) is 29.2 Å². The van der Waals surface area contributed by atoms with Crippen molar-refractivity contribution in [2.75, 3.05) is 0 Å². The van der Waals surface area contributed by atoms with E-state index in [0.29, 0.717) is 21.1 Å². The van der Waals surface area contributed by atoms with Gasteiger partial charge in [0.2, 0.25) is 0 Å². The number of benzene rings is 1. The second-order valence-electron chi connectivity index (χ2n) is 4.46. The average molecular weight is 337 g/mol. The summed E-state index contributed by atoms with van der Waals surface area (Å²) in [6.07, 6.45) is 2.94. The Hall–Kier alpha value is -2.02. The molecule has 2 aromatic heterocycles. The van der Waals surface area contributed by atoms with Crippen LogP contribution in [0.2, 0.25) is 0 Å². The van der Waals surface area contributed by atoms with Crippen molar-refractivity contribution in [2.24, 2.45) is 7.05 Å². The first kappa shape index (κ1) is 13.0. The van der Waals surface area contributed by atoms with Crippen LogP contribution in [0.3, 0.4) is 0 Å². The maximum atomic E-state index is 13.3. The van der Waals surface area contributed by atoms with E-state index in [2.05, 4.69) is 26.0 Å². The highest BCUT2D eigenvalue weighted by molar-refractivity contribution is 9.10. The smallest absolute Gasteiger partial charge is 0.264 e. The van der Waals surface area contributed by atoms with Crippen LogP contribution in [0.1, 0.15) is 5.56 Å². The largest absolute Gasteiger partial charge is 0.294 e. The van der Waals surface area contributed by atoms with Crippen LogP contribution in [0.25, 0.3) is 11.0 Å². The van der Waals surface area contributed by atoms with Crippen LogP contribution >= 0.6 is 15.9 Å². The molecule has 1 aromatic carbocycles. The molecule has 0 unspecified atom stereocenters. The lowest BCUT2D eigenvalue weighted by molar-refractivity contribution is 0.621. The van der Waals surface area contributed by atoms with Gasteiger partial charge < -0.3 is 0 Å². The Labute approximate surface area is 121 Å². The van der Waals surface area contributed by atoms with Crippen LogP contribution in [0, 0.1) is 5.82 Å². The standard InChI is InChI=1S/C13H10BrFN4O/c1-18-12-11(5-17-18)13(20)19(7-16-12)6-8-2-9(14)4-10(15)3-8/h2-5,7H,6H2,1H3. The summed E-state index contributed by atoms with van der Waals surface area (Å²) in [5, 5.41) is 4.46. The third-order valence-electron chi connectivity index (χ3n) is 2.99. The Balaban J connectivity index is 2.06. The van der Waals surface area contributed by atoms with Gasteiger partial charge in [-0.1, -0.05) is 15.9 Å². The summed E-state index contributed by atoms with van der Waals surface area (Å²) in [7, 11) is 1.72. The summed E-state index contributed by atoms with van der Waals surface area (Å²) in [4.78, 5) is 16.5. The highest BCUT2D eigenvalue weighted by Gasteiger charge is 2.09. The molecule has 0 aliphatic rings. The third kappa shape index (κ3) is 2.24. The molecule has 3 aromatic rings. The van der Waals surface area contributed by atoms with E-state index in [0.717, 1.165) is 0 Å². The number of halogens is 2. The molecule has 0 spiro atoms. The predicted molar refractivity (Wildman–Crippen MR) is 76.0 cm³/mol. The van der Waals surface area contributed by atoms with Crippen molar-refractivity contribution < 1.29 is 4.39 Å². The molecule has 0 aliphatic heterocycles. The molecule has 2 heterocycles. The molecular formula is C13H10BrFN4O. The minimum Gasteiger partial charge on any atom is -0.294 e. The molecule has 0 bridgehead atoms. The molecule has 0 aliphatic carbocycles. The van der Waals surface area contributed by atoms with E-state index >= 15 is 0 Å². The molecule has 0 radical (unpaired) electrons. The number of aromatic nitrogens is 4. The van der Waals surface area contributed by atoms with Crippen molar-refractivity contribution in [3.63, 3.8) is 0 Å². The van der Waals surface area contributed by atoms with Crippen LogP contribution in [0.15, 0.2) is 40.0 Å². The maximum absolute atomic E-state index is 13.3. The SMILES string of the molecule is Cn1ncc2c(=O)n(Cc3cc(F)cc(Br)c3)cnc21. The second-order valence-corrected chi connectivity index (χ2v) is 5.38. The van der Waals surface area contributed by atoms with Gasteiger partial charge >= 0.3 is 0 Å². The first-order valence-corrected chi connectivity index (χ1v) is 6.66. The fourth-order valence-electron chi connectivity index (χ4n) is 2.08. The molecule has 3 rings (SSSR count). The maximum Gasteiger partial charge on any atom is 0.264 e. The van der Waals surface area contributed by atoms with Crippen LogP contribution in [-0.4, -0.2) is 19.3 Å². The lowest BCUT2D eigenvalue weighted by Crippen LogP contribution is -2.21. The molecule has 20 heavy (non-hydrogen) atoms. The van der Waals surface area contributed by atoms with Gasteiger partial charge in [-0.3, -0.25) is 14.0 Å². The molecular weight excluding hydrogens is 327 g/mol. The average Bonchev–Trinajstić information content (AvgIpc) is 2.74. The van der Waals surface area contributed by atoms with Crippen molar-refractivity contribution in [3.05, 3.63) is 56.9 Å². The Morgan fingerprint density at radius 2 is 2.15 bits per heavy atom. The van der Waals surface area contributed by atoms with Gasteiger partial charge in [0.25, 0.3) is 5.56 Å². The Bertz CT molecular complexity index is 835. The molecule has 5 nitrogen and oxygen atoms in total. The van der Waals surface area contributed by atoms with Gasteiger partial charge in [-0.15, -0.1) is 0 Å². The lowest BCUT2D eigenvalue weighted by atomic mass is 10.2. The number of aryl methyl sites for hydroxylation is 1. The van der Waals surface area contributed by atoms with Gasteiger partial charge in [0.05, 0.1) is 12.7 Å². The second kappa shape index (κ2) is 4.82. The quantitative estimate of drug-likeness (QED) is 0.720. The van der Waals surface area contributed by atoms with Gasteiger partial charge in [-0.25, -0.2) is 9.37 Å². The van der Waals surface area contributed by atoms with Crippen molar-refractivity contribution in [3.8, 4) is 0 Å². The first-order chi connectivity index (χ1) is 9.54. The minimum atomic E-state index is -0.349. The molecule has 0 saturated carbocycles. The zero-order valence-corrected chi connectivity index (χ0v) is 12.1. The fraction of sp³-hybridized carbons (Fsp3) is 0.154. The third-order valence-corrected chi connectivity index (χ3v) is 3.45. The monoisotopic (exact) mass is 336 g/mol.